The van der Waals surface area contributed by atoms with Gasteiger partial charge < -0.3 is 19.4 Å². The summed E-state index contributed by atoms with van der Waals surface area (Å²) in [7, 11) is 1.29. The predicted octanol–water partition coefficient (Wildman–Crippen LogP) is 1.80. The highest BCUT2D eigenvalue weighted by molar-refractivity contribution is 5.93. The minimum Gasteiger partial charge on any atom is -0.465 e. The zero-order chi connectivity index (χ0) is 22.4. The third-order valence-corrected chi connectivity index (χ3v) is 5.04. The monoisotopic (exact) mass is 442 g/mol. The van der Waals surface area contributed by atoms with E-state index in [1.165, 1.54) is 13.2 Å². The van der Waals surface area contributed by atoms with Gasteiger partial charge in [-0.15, -0.1) is 0 Å². The van der Waals surface area contributed by atoms with E-state index in [-0.39, 0.29) is 12.2 Å². The molecule has 0 spiro atoms. The van der Waals surface area contributed by atoms with Crippen molar-refractivity contribution in [2.45, 2.75) is 19.1 Å². The van der Waals surface area contributed by atoms with E-state index in [9.17, 15) is 22.8 Å². The first-order valence-electron chi connectivity index (χ1n) is 9.95. The molecule has 2 aromatic rings. The molecule has 0 amide bonds. The number of methoxy groups -OCH3 is 1. The maximum atomic E-state index is 12.4. The van der Waals surface area contributed by atoms with Gasteiger partial charge in [0.1, 0.15) is 12.4 Å². The van der Waals surface area contributed by atoms with E-state index in [0.717, 1.165) is 26.2 Å². The zero-order valence-electron chi connectivity index (χ0n) is 17.2. The van der Waals surface area contributed by atoms with Crippen LogP contribution < -0.4 is 5.56 Å². The number of ether oxygens (including phenoxy) is 2. The maximum absolute atomic E-state index is 12.4. The van der Waals surface area contributed by atoms with Crippen molar-refractivity contribution >= 4 is 16.9 Å². The van der Waals surface area contributed by atoms with Crippen molar-refractivity contribution < 1.29 is 27.4 Å². The fraction of sp³-hybridized carbons (Fsp3) is 0.550. The number of benzene rings is 1. The number of hydrogen-bond donors (Lipinski definition) is 1. The van der Waals surface area contributed by atoms with Gasteiger partial charge in [-0.2, -0.15) is 13.2 Å². The fourth-order valence-electron chi connectivity index (χ4n) is 3.47. The number of halogens is 3. The smallest absolute Gasteiger partial charge is 0.411 e. The number of carbonyl (C=O) groups excluding carboxylic acids is 1. The van der Waals surface area contributed by atoms with Crippen molar-refractivity contribution in [1.29, 1.82) is 0 Å². The molecule has 1 aliphatic rings. The molecule has 2 heterocycles. The Morgan fingerprint density at radius 1 is 1.19 bits per heavy atom. The number of nitrogens with one attached hydrogen (secondary N) is 1. The number of aromatic nitrogens is 2. The molecule has 170 valence electrons. The van der Waals surface area contributed by atoms with Gasteiger partial charge in [-0.05, 0) is 24.6 Å². The molecule has 0 radical (unpaired) electrons. The van der Waals surface area contributed by atoms with Crippen molar-refractivity contribution in [3.8, 4) is 0 Å². The second-order valence-corrected chi connectivity index (χ2v) is 7.38. The minimum atomic E-state index is -4.29. The summed E-state index contributed by atoms with van der Waals surface area (Å²) in [6.45, 7) is 3.02. The Hall–Kier alpha value is -2.50. The molecule has 0 atom stereocenters. The van der Waals surface area contributed by atoms with Gasteiger partial charge >= 0.3 is 12.1 Å². The number of hydrogen-bond acceptors (Lipinski definition) is 7. The highest BCUT2D eigenvalue weighted by Gasteiger charge is 2.27. The quantitative estimate of drug-likeness (QED) is 0.493. The summed E-state index contributed by atoms with van der Waals surface area (Å²) in [5, 5.41) is 0.397. The van der Waals surface area contributed by atoms with Gasteiger partial charge in [0.05, 0.1) is 30.1 Å². The third kappa shape index (κ3) is 6.74. The van der Waals surface area contributed by atoms with Crippen LogP contribution in [0.2, 0.25) is 0 Å². The van der Waals surface area contributed by atoms with Gasteiger partial charge in [0.25, 0.3) is 5.56 Å². The van der Waals surface area contributed by atoms with Crippen LogP contribution in [0, 0.1) is 0 Å². The van der Waals surface area contributed by atoms with Crippen LogP contribution >= 0.6 is 0 Å². The Morgan fingerprint density at radius 3 is 2.58 bits per heavy atom. The summed E-state index contributed by atoms with van der Waals surface area (Å²) < 4.78 is 45.5. The number of nitrogens with zero attached hydrogens (tertiary/aromatic N) is 3. The van der Waals surface area contributed by atoms with E-state index >= 15 is 0 Å². The van der Waals surface area contributed by atoms with E-state index in [1.54, 1.807) is 12.1 Å². The molecule has 1 aliphatic heterocycles. The van der Waals surface area contributed by atoms with Gasteiger partial charge in [-0.3, -0.25) is 9.69 Å². The average molecular weight is 442 g/mol. The number of alkyl halides is 3. The highest BCUT2D eigenvalue weighted by Crippen LogP contribution is 2.15. The first kappa shape index (κ1) is 23.2. The summed E-state index contributed by atoms with van der Waals surface area (Å²) in [6.07, 6.45) is -3.75. The van der Waals surface area contributed by atoms with Crippen LogP contribution in [-0.2, 0) is 16.0 Å². The number of esters is 1. The number of aromatic amines is 1. The van der Waals surface area contributed by atoms with Gasteiger partial charge in [0, 0.05) is 39.3 Å². The van der Waals surface area contributed by atoms with Crippen molar-refractivity contribution in [3.63, 3.8) is 0 Å². The first-order chi connectivity index (χ1) is 14.7. The summed E-state index contributed by atoms with van der Waals surface area (Å²) in [5.41, 5.74) is 0.486. The van der Waals surface area contributed by atoms with Crippen molar-refractivity contribution in [2.75, 3.05) is 53.0 Å². The van der Waals surface area contributed by atoms with E-state index in [1.807, 2.05) is 0 Å². The Balaban J connectivity index is 1.51. The Kier molecular flexibility index (Phi) is 7.63. The van der Waals surface area contributed by atoms with E-state index in [2.05, 4.69) is 24.5 Å². The molecule has 1 N–H and O–H groups in total. The van der Waals surface area contributed by atoms with E-state index < -0.39 is 18.8 Å². The van der Waals surface area contributed by atoms with Crippen molar-refractivity contribution in [1.82, 2.24) is 19.8 Å². The summed E-state index contributed by atoms with van der Waals surface area (Å²) in [6, 6.07) is 4.62. The summed E-state index contributed by atoms with van der Waals surface area (Å²) in [4.78, 5) is 35.7. The molecule has 1 saturated heterocycles. The van der Waals surface area contributed by atoms with Crippen molar-refractivity contribution in [2.24, 2.45) is 0 Å². The lowest BCUT2D eigenvalue weighted by Crippen LogP contribution is -2.46. The predicted molar refractivity (Wildman–Crippen MR) is 107 cm³/mol. The molecule has 0 aliphatic carbocycles. The molecular weight excluding hydrogens is 417 g/mol. The second kappa shape index (κ2) is 10.2. The molecule has 0 bridgehead atoms. The number of fused-ring (bicyclic) bond motifs is 1. The van der Waals surface area contributed by atoms with Crippen LogP contribution in [0.15, 0.2) is 23.0 Å². The maximum Gasteiger partial charge on any atom is 0.411 e. The molecule has 1 fully saturated rings. The summed E-state index contributed by atoms with van der Waals surface area (Å²) in [5.74, 6) is 0.0129. The molecule has 8 nitrogen and oxygen atoms in total. The van der Waals surface area contributed by atoms with Gasteiger partial charge in [0.15, 0.2) is 0 Å². The fourth-order valence-corrected chi connectivity index (χ4v) is 3.47. The standard InChI is InChI=1S/C20H25F3N4O4/c1-30-19(29)14-3-4-15-16(11-14)24-17(25-18(15)28)12-27-8-6-26(7-9-27)5-2-10-31-13-20(21,22)23/h3-4,11H,2,5-10,12-13H2,1H3,(H,24,25,28). The number of rotatable bonds is 8. The van der Waals surface area contributed by atoms with Crippen LogP contribution in [0.3, 0.4) is 0 Å². The number of piperazine rings is 1. The Bertz CT molecular complexity index is 956. The molecule has 0 saturated carbocycles. The second-order valence-electron chi connectivity index (χ2n) is 7.38. The summed E-state index contributed by atoms with van der Waals surface area (Å²) >= 11 is 0. The highest BCUT2D eigenvalue weighted by atomic mass is 19.4. The topological polar surface area (TPSA) is 87.8 Å². The van der Waals surface area contributed by atoms with Gasteiger partial charge in [-0.1, -0.05) is 0 Å². The Labute approximate surface area is 176 Å². The number of H-pyrrole nitrogens is 1. The first-order valence-corrected chi connectivity index (χ1v) is 9.95. The molecular formula is C20H25F3N4O4. The lowest BCUT2D eigenvalue weighted by molar-refractivity contribution is -0.174. The van der Waals surface area contributed by atoms with E-state index in [0.29, 0.717) is 41.8 Å². The lowest BCUT2D eigenvalue weighted by Gasteiger charge is -2.34. The van der Waals surface area contributed by atoms with Crippen LogP contribution in [0.25, 0.3) is 10.9 Å². The number of carbonyl (C=O) groups is 1. The Morgan fingerprint density at radius 2 is 1.90 bits per heavy atom. The molecule has 1 aromatic heterocycles. The normalized spacial score (nSPS) is 16.0. The molecule has 11 heteroatoms. The van der Waals surface area contributed by atoms with E-state index in [4.69, 9.17) is 4.74 Å². The molecule has 1 aromatic carbocycles. The van der Waals surface area contributed by atoms with Gasteiger partial charge in [0.2, 0.25) is 0 Å². The van der Waals surface area contributed by atoms with Crippen LogP contribution in [0.1, 0.15) is 22.6 Å². The third-order valence-electron chi connectivity index (χ3n) is 5.04. The van der Waals surface area contributed by atoms with Crippen LogP contribution in [0.5, 0.6) is 0 Å². The largest absolute Gasteiger partial charge is 0.465 e. The van der Waals surface area contributed by atoms with Gasteiger partial charge in [-0.25, -0.2) is 9.78 Å². The molecule has 3 rings (SSSR count). The van der Waals surface area contributed by atoms with Crippen LogP contribution in [0.4, 0.5) is 13.2 Å². The lowest BCUT2D eigenvalue weighted by atomic mass is 10.1. The zero-order valence-corrected chi connectivity index (χ0v) is 17.2. The molecule has 31 heavy (non-hydrogen) atoms. The molecule has 0 unspecified atom stereocenters. The van der Waals surface area contributed by atoms with Crippen molar-refractivity contribution in [3.05, 3.63) is 39.9 Å². The SMILES string of the molecule is COC(=O)c1ccc2c(=O)[nH]c(CN3CCN(CCCOCC(F)(F)F)CC3)nc2c1. The minimum absolute atomic E-state index is 0.0789. The average Bonchev–Trinajstić information content (AvgIpc) is 2.73. The van der Waals surface area contributed by atoms with Crippen LogP contribution in [-0.4, -0.2) is 85.0 Å².